The summed E-state index contributed by atoms with van der Waals surface area (Å²) in [5.41, 5.74) is 1.32. The Labute approximate surface area is 161 Å². The summed E-state index contributed by atoms with van der Waals surface area (Å²) < 4.78 is 67.7. The third-order valence-electron chi connectivity index (χ3n) is 0.940. The van der Waals surface area contributed by atoms with Gasteiger partial charge in [0, 0.05) is 0 Å². The van der Waals surface area contributed by atoms with E-state index < -0.39 is 61.9 Å². The van der Waals surface area contributed by atoms with Gasteiger partial charge in [0.2, 0.25) is 0 Å². The first-order valence-corrected chi connectivity index (χ1v) is 8.07. The Morgan fingerprint density at radius 3 is 1.00 bits per heavy atom. The van der Waals surface area contributed by atoms with Gasteiger partial charge in [0.25, 0.3) is 0 Å². The number of benzene rings is 1. The van der Waals surface area contributed by atoms with Crippen LogP contribution in [-0.4, -0.2) is 61.9 Å². The third-order valence-corrected chi connectivity index (χ3v) is 0.940. The van der Waals surface area contributed by atoms with Gasteiger partial charge in [0.05, 0.1) is 0 Å². The van der Waals surface area contributed by atoms with E-state index >= 15 is 0 Å². The van der Waals surface area contributed by atoms with Crippen molar-refractivity contribution < 1.29 is 58.0 Å². The summed E-state index contributed by atoms with van der Waals surface area (Å²) in [5, 5.41) is 0. The maximum atomic E-state index is 8.46. The predicted octanol–water partition coefficient (Wildman–Crippen LogP) is -4.76. The second-order valence-corrected chi connectivity index (χ2v) is 2.81. The first-order valence-electron chi connectivity index (χ1n) is 4.30. The van der Waals surface area contributed by atoms with Crippen molar-refractivity contribution in [1.82, 2.24) is 0 Å². The quantitative estimate of drug-likeness (QED) is 0.379. The van der Waals surface area contributed by atoms with Crippen LogP contribution >= 0.6 is 0 Å². The molecule has 13 heteroatoms. The molecule has 0 aromatic heterocycles. The fourth-order valence-corrected chi connectivity index (χ4v) is 0.534. The Bertz CT molecular complexity index is 278. The Hall–Kier alpha value is 0.633. The smallest absolute Gasteiger partial charge is 4.00 e. The van der Waals surface area contributed by atoms with Crippen molar-refractivity contribution in [3.63, 3.8) is 0 Å². The molecule has 0 aliphatic carbocycles. The number of rotatable bonds is 0. The van der Waals surface area contributed by atoms with Crippen LogP contribution < -0.4 is 16.6 Å². The molecule has 1 rings (SSSR count). The molecule has 1 aromatic rings. The normalized spacial score (nSPS) is 4.65. The summed E-state index contributed by atoms with van der Waals surface area (Å²) >= 11 is -7.00. The summed E-state index contributed by atoms with van der Waals surface area (Å²) in [5.74, 6) is 0. The minimum Gasteiger partial charge on any atom is 4.00 e. The van der Waals surface area contributed by atoms with Crippen LogP contribution in [0.2, 0.25) is 0 Å². The summed E-state index contributed by atoms with van der Waals surface area (Å²) in [7, 11) is 0. The molecule has 0 N–H and O–H groups in total. The first kappa shape index (κ1) is 32.5. The van der Waals surface area contributed by atoms with Crippen LogP contribution in [0.25, 0.3) is 0 Å². The largest absolute Gasteiger partial charge is 4.00 e. The van der Waals surface area contributed by atoms with Gasteiger partial charge < -0.3 is 0 Å². The molecule has 0 fully saturated rings. The van der Waals surface area contributed by atoms with Crippen molar-refractivity contribution in [3.8, 4) is 0 Å². The first-order chi connectivity index (χ1) is 9.05. The second kappa shape index (κ2) is 42.7. The van der Waals surface area contributed by atoms with Crippen LogP contribution in [0.1, 0.15) is 5.56 Å². The summed E-state index contributed by atoms with van der Waals surface area (Å²) in [6.45, 7) is 2.08. The van der Waals surface area contributed by atoms with Crippen LogP contribution in [0.5, 0.6) is 0 Å². The third kappa shape index (κ3) is 77.7. The van der Waals surface area contributed by atoms with Gasteiger partial charge in [-0.2, -0.15) is 0 Å². The molecule has 0 saturated carbocycles. The molecule has 20 heavy (non-hydrogen) atoms. The molecule has 8 nitrogen and oxygen atoms in total. The van der Waals surface area contributed by atoms with Gasteiger partial charge in [0.1, 0.15) is 0 Å². The minimum absolute atomic E-state index is 0. The van der Waals surface area contributed by atoms with Gasteiger partial charge in [0.15, 0.2) is 0 Å². The Kier molecular flexibility index (Phi) is 69.5. The van der Waals surface area contributed by atoms with Crippen LogP contribution in [0, 0.1) is 6.92 Å². The zero-order valence-corrected chi connectivity index (χ0v) is 17.5. The van der Waals surface area contributed by atoms with Crippen molar-refractivity contribution >= 4 is 61.9 Å². The van der Waals surface area contributed by atoms with Crippen molar-refractivity contribution in [1.29, 1.82) is 0 Å². The molecule has 0 amide bonds. The van der Waals surface area contributed by atoms with Gasteiger partial charge in [-0.3, -0.25) is 0 Å². The van der Waals surface area contributed by atoms with Crippen LogP contribution in [0.3, 0.4) is 0 Å². The van der Waals surface area contributed by atoms with Crippen LogP contribution in [0.15, 0.2) is 30.3 Å². The maximum absolute atomic E-state index is 8.46. The fraction of sp³-hybridized carbons (Fsp3) is 0.143. The van der Waals surface area contributed by atoms with E-state index in [1.165, 1.54) is 5.56 Å². The van der Waals surface area contributed by atoms with Crippen LogP contribution in [0.4, 0.5) is 0 Å². The predicted molar refractivity (Wildman–Crippen MR) is 56.9 cm³/mol. The maximum Gasteiger partial charge on any atom is 4.00 e. The number of hydrogen-bond acceptors (Lipinski definition) is 8. The van der Waals surface area contributed by atoms with E-state index in [4.69, 9.17) is 31.8 Å². The van der Waals surface area contributed by atoms with Gasteiger partial charge in [-0.1, -0.05) is 35.9 Å². The van der Waals surface area contributed by atoms with E-state index in [9.17, 15) is 0 Å². The summed E-state index contributed by atoms with van der Waals surface area (Å²) in [4.78, 5) is 0. The average Bonchev–Trinajstić information content (AvgIpc) is 2.34. The molecule has 0 spiro atoms. The van der Waals surface area contributed by atoms with Gasteiger partial charge in [-0.15, -0.1) is 0 Å². The average molecular weight is 419 g/mol. The molecule has 0 saturated heterocycles. The van der Waals surface area contributed by atoms with E-state index in [1.807, 2.05) is 18.2 Å². The van der Waals surface area contributed by atoms with E-state index in [1.54, 1.807) is 0 Å². The Balaban J connectivity index is -0.0000000505. The van der Waals surface area contributed by atoms with Crippen molar-refractivity contribution in [2.45, 2.75) is 6.92 Å². The Morgan fingerprint density at radius 1 is 0.700 bits per heavy atom. The standard InChI is InChI=1S/C7H8.4Al.8O.Zr/c1-7-5-3-2-4-6-7;;;;;;;;;;;;;/h2-6H,1H3;;;;;;;;;;;;;/q;;;;;;;;;4*-1;+4. The minimum atomic E-state index is -1.75. The van der Waals surface area contributed by atoms with Crippen molar-refractivity contribution in [2.75, 3.05) is 0 Å². The van der Waals surface area contributed by atoms with E-state index in [2.05, 4.69) is 19.1 Å². The van der Waals surface area contributed by atoms with E-state index in [-0.39, 0.29) is 26.2 Å². The molecule has 1 aromatic carbocycles. The van der Waals surface area contributed by atoms with Crippen molar-refractivity contribution in [3.05, 3.63) is 35.9 Å². The number of hydrogen-bond donors (Lipinski definition) is 0. The van der Waals surface area contributed by atoms with Gasteiger partial charge in [-0.25, -0.2) is 0 Å². The second-order valence-electron chi connectivity index (χ2n) is 2.04. The molecule has 0 atom stereocenters. The molecule has 100 valence electrons. The fourth-order valence-electron chi connectivity index (χ4n) is 0.534. The van der Waals surface area contributed by atoms with Crippen LogP contribution in [-0.2, 0) is 41.4 Å². The zero-order chi connectivity index (χ0) is 15.9. The topological polar surface area (TPSA) is 161 Å². The molecular weight excluding hydrogens is 411 g/mol. The van der Waals surface area contributed by atoms with Crippen molar-refractivity contribution in [2.24, 2.45) is 0 Å². The van der Waals surface area contributed by atoms with Gasteiger partial charge in [-0.05, 0) is 6.92 Å². The monoisotopic (exact) mass is 418 g/mol. The molecule has 0 unspecified atom stereocenters. The SMILES string of the molecule is Cc1ccccc1.[O]=[Al][O-].[O]=[Al][O-].[O]=[Al][O-].[O]=[Al][O-].[Zr+4]. The molecule has 0 bridgehead atoms. The molecule has 0 radical (unpaired) electrons. The van der Waals surface area contributed by atoms with Gasteiger partial charge >= 0.3 is 120 Å². The Morgan fingerprint density at radius 2 is 0.900 bits per heavy atom. The molecule has 0 aliphatic heterocycles. The summed E-state index contributed by atoms with van der Waals surface area (Å²) in [6, 6.07) is 10.3. The number of aryl methyl sites for hydroxylation is 1. The molecule has 0 heterocycles. The molecule has 0 aliphatic rings. The van der Waals surface area contributed by atoms with E-state index in [0.717, 1.165) is 0 Å². The van der Waals surface area contributed by atoms with E-state index in [0.29, 0.717) is 0 Å². The zero-order valence-electron chi connectivity index (χ0n) is 10.5. The summed E-state index contributed by atoms with van der Waals surface area (Å²) in [6.07, 6.45) is 0. The molecular formula is C7H8Al4O8Zr.